The number of carbonyl (C=O) groups excluding carboxylic acids is 1. The van der Waals surface area contributed by atoms with Gasteiger partial charge >= 0.3 is 12.0 Å². The number of rotatable bonds is 5. The van der Waals surface area contributed by atoms with E-state index >= 15 is 0 Å². The molecule has 0 aliphatic carbocycles. The first-order valence-corrected chi connectivity index (χ1v) is 6.67. The molecular formula is C13H17BrN2O4. The molecule has 2 amide bonds. The van der Waals surface area contributed by atoms with E-state index in [2.05, 4.69) is 26.6 Å². The second kappa shape index (κ2) is 6.60. The van der Waals surface area contributed by atoms with Crippen molar-refractivity contribution in [1.29, 1.82) is 0 Å². The number of halogens is 1. The van der Waals surface area contributed by atoms with Crippen molar-refractivity contribution in [2.75, 3.05) is 19.0 Å². The van der Waals surface area contributed by atoms with Gasteiger partial charge in [-0.1, -0.05) is 0 Å². The largest absolute Gasteiger partial charge is 0.497 e. The van der Waals surface area contributed by atoms with E-state index in [4.69, 9.17) is 9.84 Å². The molecule has 3 N–H and O–H groups in total. The Bertz CT molecular complexity index is 517. The molecule has 0 saturated heterocycles. The zero-order chi connectivity index (χ0) is 15.3. The molecule has 0 radical (unpaired) electrons. The number of carboxylic acid groups (broad SMARTS) is 1. The maximum absolute atomic E-state index is 11.8. The van der Waals surface area contributed by atoms with Gasteiger partial charge in [0.15, 0.2) is 0 Å². The highest BCUT2D eigenvalue weighted by Crippen LogP contribution is 2.27. The van der Waals surface area contributed by atoms with Gasteiger partial charge in [-0.3, -0.25) is 4.79 Å². The van der Waals surface area contributed by atoms with Gasteiger partial charge < -0.3 is 20.5 Å². The monoisotopic (exact) mass is 344 g/mol. The van der Waals surface area contributed by atoms with E-state index in [0.717, 1.165) is 0 Å². The van der Waals surface area contributed by atoms with Crippen molar-refractivity contribution >= 4 is 33.6 Å². The number of urea groups is 1. The summed E-state index contributed by atoms with van der Waals surface area (Å²) in [6, 6.07) is 4.68. The van der Waals surface area contributed by atoms with Gasteiger partial charge in [-0.05, 0) is 41.9 Å². The third-order valence-electron chi connectivity index (χ3n) is 2.69. The third kappa shape index (κ3) is 4.41. The van der Waals surface area contributed by atoms with Crippen molar-refractivity contribution in [3.63, 3.8) is 0 Å². The van der Waals surface area contributed by atoms with Crippen LogP contribution in [0, 0.1) is 5.41 Å². The van der Waals surface area contributed by atoms with Gasteiger partial charge in [0, 0.05) is 17.1 Å². The molecule has 0 saturated carbocycles. The molecule has 20 heavy (non-hydrogen) atoms. The molecule has 0 spiro atoms. The summed E-state index contributed by atoms with van der Waals surface area (Å²) >= 11 is 3.31. The number of anilines is 1. The number of hydrogen-bond donors (Lipinski definition) is 3. The number of hydrogen-bond acceptors (Lipinski definition) is 3. The fraction of sp³-hybridized carbons (Fsp3) is 0.385. The van der Waals surface area contributed by atoms with Crippen molar-refractivity contribution in [3.8, 4) is 5.75 Å². The maximum Gasteiger partial charge on any atom is 0.319 e. The topological polar surface area (TPSA) is 87.7 Å². The van der Waals surface area contributed by atoms with Gasteiger partial charge in [-0.2, -0.15) is 0 Å². The lowest BCUT2D eigenvalue weighted by Gasteiger charge is -2.19. The Morgan fingerprint density at radius 1 is 1.40 bits per heavy atom. The van der Waals surface area contributed by atoms with Crippen LogP contribution in [-0.2, 0) is 4.79 Å². The summed E-state index contributed by atoms with van der Waals surface area (Å²) in [5.41, 5.74) is -0.488. The van der Waals surface area contributed by atoms with E-state index in [1.807, 2.05) is 0 Å². The number of nitrogens with one attached hydrogen (secondary N) is 2. The van der Waals surface area contributed by atoms with Gasteiger partial charge in [0.05, 0.1) is 18.2 Å². The molecule has 0 unspecified atom stereocenters. The molecule has 0 atom stereocenters. The first kappa shape index (κ1) is 16.3. The molecular weight excluding hydrogens is 328 g/mol. The Hall–Kier alpha value is -1.76. The fourth-order valence-corrected chi connectivity index (χ4v) is 1.62. The summed E-state index contributed by atoms with van der Waals surface area (Å²) in [7, 11) is 1.53. The summed E-state index contributed by atoms with van der Waals surface area (Å²) in [5.74, 6) is -0.366. The quantitative estimate of drug-likeness (QED) is 0.766. The van der Waals surface area contributed by atoms with Crippen LogP contribution in [0.2, 0.25) is 0 Å². The van der Waals surface area contributed by atoms with Crippen LogP contribution in [-0.4, -0.2) is 30.8 Å². The number of methoxy groups -OCH3 is 1. The number of carboxylic acids is 1. The summed E-state index contributed by atoms with van der Waals surface area (Å²) in [4.78, 5) is 22.7. The van der Waals surface area contributed by atoms with E-state index in [0.29, 0.717) is 15.9 Å². The van der Waals surface area contributed by atoms with Crippen molar-refractivity contribution in [2.24, 2.45) is 5.41 Å². The Kier molecular flexibility index (Phi) is 5.38. The van der Waals surface area contributed by atoms with Crippen LogP contribution in [0.15, 0.2) is 22.7 Å². The van der Waals surface area contributed by atoms with E-state index in [9.17, 15) is 9.59 Å². The predicted molar refractivity (Wildman–Crippen MR) is 79.1 cm³/mol. The van der Waals surface area contributed by atoms with Gasteiger partial charge in [-0.15, -0.1) is 0 Å². The Morgan fingerprint density at radius 2 is 2.05 bits per heavy atom. The van der Waals surface area contributed by atoms with Crippen molar-refractivity contribution in [2.45, 2.75) is 13.8 Å². The first-order chi connectivity index (χ1) is 9.26. The molecule has 7 heteroatoms. The fourth-order valence-electron chi connectivity index (χ4n) is 1.27. The highest BCUT2D eigenvalue weighted by atomic mass is 79.9. The van der Waals surface area contributed by atoms with Crippen LogP contribution in [0.25, 0.3) is 0 Å². The Balaban J connectivity index is 2.65. The maximum atomic E-state index is 11.8. The number of aliphatic carboxylic acids is 1. The van der Waals surface area contributed by atoms with Crippen molar-refractivity contribution < 1.29 is 19.4 Å². The second-order valence-electron chi connectivity index (χ2n) is 4.84. The SMILES string of the molecule is COc1ccc(Br)c(NC(=O)NCC(C)(C)C(=O)O)c1. The van der Waals surface area contributed by atoms with Crippen LogP contribution in [0.4, 0.5) is 10.5 Å². The molecule has 0 aliphatic rings. The Labute approximate surface area is 125 Å². The molecule has 0 heterocycles. The average molecular weight is 345 g/mol. The highest BCUT2D eigenvalue weighted by Gasteiger charge is 2.27. The zero-order valence-electron chi connectivity index (χ0n) is 11.5. The van der Waals surface area contributed by atoms with Crippen molar-refractivity contribution in [3.05, 3.63) is 22.7 Å². The van der Waals surface area contributed by atoms with Crippen LogP contribution in [0.3, 0.4) is 0 Å². The van der Waals surface area contributed by atoms with E-state index in [1.54, 1.807) is 18.2 Å². The summed E-state index contributed by atoms with van der Waals surface area (Å²) < 4.78 is 5.77. The number of benzene rings is 1. The van der Waals surface area contributed by atoms with E-state index in [1.165, 1.54) is 21.0 Å². The number of carbonyl (C=O) groups is 2. The van der Waals surface area contributed by atoms with Crippen LogP contribution >= 0.6 is 15.9 Å². The molecule has 1 aromatic rings. The highest BCUT2D eigenvalue weighted by molar-refractivity contribution is 9.10. The Morgan fingerprint density at radius 3 is 2.60 bits per heavy atom. The summed E-state index contributed by atoms with van der Waals surface area (Å²) in [5, 5.41) is 14.1. The van der Waals surface area contributed by atoms with Crippen LogP contribution in [0.1, 0.15) is 13.8 Å². The smallest absolute Gasteiger partial charge is 0.319 e. The summed E-state index contributed by atoms with van der Waals surface area (Å²) in [6.45, 7) is 3.10. The van der Waals surface area contributed by atoms with Gasteiger partial charge in [-0.25, -0.2) is 4.79 Å². The number of amides is 2. The molecule has 1 aromatic carbocycles. The molecule has 6 nitrogen and oxygen atoms in total. The molecule has 1 rings (SSSR count). The zero-order valence-corrected chi connectivity index (χ0v) is 13.1. The first-order valence-electron chi connectivity index (χ1n) is 5.88. The molecule has 0 bridgehead atoms. The van der Waals surface area contributed by atoms with Crippen LogP contribution in [0.5, 0.6) is 5.75 Å². The number of ether oxygens (including phenoxy) is 1. The predicted octanol–water partition coefficient (Wildman–Crippen LogP) is 2.69. The lowest BCUT2D eigenvalue weighted by atomic mass is 9.94. The minimum absolute atomic E-state index is 0.0236. The standard InChI is InChI=1S/C13H17BrN2O4/c1-13(2,11(17)18)7-15-12(19)16-10-6-8(20-3)4-5-9(10)14/h4-6H,7H2,1-3H3,(H,17,18)(H2,15,16,19). The minimum Gasteiger partial charge on any atom is -0.497 e. The lowest BCUT2D eigenvalue weighted by Crippen LogP contribution is -2.40. The second-order valence-corrected chi connectivity index (χ2v) is 5.70. The average Bonchev–Trinajstić information content (AvgIpc) is 2.39. The molecule has 0 aliphatic heterocycles. The van der Waals surface area contributed by atoms with Gasteiger partial charge in [0.1, 0.15) is 5.75 Å². The normalized spacial score (nSPS) is 10.8. The third-order valence-corrected chi connectivity index (χ3v) is 3.38. The van der Waals surface area contributed by atoms with Gasteiger partial charge in [0.2, 0.25) is 0 Å². The molecule has 110 valence electrons. The van der Waals surface area contributed by atoms with Crippen LogP contribution < -0.4 is 15.4 Å². The van der Waals surface area contributed by atoms with E-state index in [-0.39, 0.29) is 6.54 Å². The molecule has 0 aromatic heterocycles. The van der Waals surface area contributed by atoms with Crippen molar-refractivity contribution in [1.82, 2.24) is 5.32 Å². The van der Waals surface area contributed by atoms with Gasteiger partial charge in [0.25, 0.3) is 0 Å². The van der Waals surface area contributed by atoms with E-state index < -0.39 is 17.4 Å². The summed E-state index contributed by atoms with van der Waals surface area (Å²) in [6.07, 6.45) is 0. The molecule has 0 fully saturated rings. The lowest BCUT2D eigenvalue weighted by molar-refractivity contribution is -0.146. The minimum atomic E-state index is -1.02.